The number of halogens is 1. The molecule has 2 rings (SSSR count). The van der Waals surface area contributed by atoms with Crippen LogP contribution in [0.25, 0.3) is 11.4 Å². The molecule has 1 heterocycles. The summed E-state index contributed by atoms with van der Waals surface area (Å²) in [5.74, 6) is 0.808. The SMILES string of the molecule is C=CCN(Cc1nc(-c2ccc(Cl)cc2)no1)C(=O)NC(C)(C)C. The Hall–Kier alpha value is -2.34. The lowest BCUT2D eigenvalue weighted by Crippen LogP contribution is -2.48. The number of amides is 2. The summed E-state index contributed by atoms with van der Waals surface area (Å²) in [5.41, 5.74) is 0.462. The minimum absolute atomic E-state index is 0.203. The van der Waals surface area contributed by atoms with Crippen LogP contribution in [0.3, 0.4) is 0 Å². The van der Waals surface area contributed by atoms with E-state index in [1.165, 1.54) is 0 Å². The highest BCUT2D eigenvalue weighted by atomic mass is 35.5. The molecule has 128 valence electrons. The molecule has 0 spiro atoms. The van der Waals surface area contributed by atoms with Crippen molar-refractivity contribution in [3.63, 3.8) is 0 Å². The second kappa shape index (κ2) is 7.49. The van der Waals surface area contributed by atoms with Gasteiger partial charge in [0.05, 0.1) is 0 Å². The van der Waals surface area contributed by atoms with E-state index < -0.39 is 0 Å². The molecule has 6 nitrogen and oxygen atoms in total. The van der Waals surface area contributed by atoms with Crippen molar-refractivity contribution in [1.29, 1.82) is 0 Å². The zero-order valence-electron chi connectivity index (χ0n) is 14.0. The Labute approximate surface area is 146 Å². The van der Waals surface area contributed by atoms with Crippen LogP contribution in [0.2, 0.25) is 5.02 Å². The summed E-state index contributed by atoms with van der Waals surface area (Å²) in [6.07, 6.45) is 1.65. The van der Waals surface area contributed by atoms with Gasteiger partial charge in [0.15, 0.2) is 0 Å². The summed E-state index contributed by atoms with van der Waals surface area (Å²) in [5, 5.41) is 7.49. The van der Waals surface area contributed by atoms with Crippen molar-refractivity contribution >= 4 is 17.6 Å². The van der Waals surface area contributed by atoms with Crippen LogP contribution in [0.1, 0.15) is 26.7 Å². The molecule has 0 saturated carbocycles. The second-order valence-corrected chi connectivity index (χ2v) is 6.80. The Bertz CT molecular complexity index is 704. The van der Waals surface area contributed by atoms with Gasteiger partial charge in [-0.1, -0.05) is 22.8 Å². The monoisotopic (exact) mass is 348 g/mol. The zero-order chi connectivity index (χ0) is 17.7. The van der Waals surface area contributed by atoms with Gasteiger partial charge >= 0.3 is 6.03 Å². The summed E-state index contributed by atoms with van der Waals surface area (Å²) < 4.78 is 5.26. The van der Waals surface area contributed by atoms with E-state index in [0.29, 0.717) is 23.3 Å². The predicted molar refractivity (Wildman–Crippen MR) is 93.6 cm³/mol. The van der Waals surface area contributed by atoms with Crippen molar-refractivity contribution in [2.24, 2.45) is 0 Å². The van der Waals surface area contributed by atoms with Crippen molar-refractivity contribution in [3.05, 3.63) is 47.8 Å². The number of nitrogens with one attached hydrogen (secondary N) is 1. The lowest BCUT2D eigenvalue weighted by atomic mass is 10.1. The van der Waals surface area contributed by atoms with Gasteiger partial charge in [0.25, 0.3) is 0 Å². The highest BCUT2D eigenvalue weighted by Crippen LogP contribution is 2.19. The number of benzene rings is 1. The van der Waals surface area contributed by atoms with E-state index in [0.717, 1.165) is 5.56 Å². The summed E-state index contributed by atoms with van der Waals surface area (Å²) >= 11 is 5.87. The highest BCUT2D eigenvalue weighted by Gasteiger charge is 2.21. The molecule has 7 heteroatoms. The maximum absolute atomic E-state index is 12.3. The van der Waals surface area contributed by atoms with Gasteiger partial charge in [0.1, 0.15) is 6.54 Å². The van der Waals surface area contributed by atoms with Crippen LogP contribution in [0.5, 0.6) is 0 Å². The predicted octanol–water partition coefficient (Wildman–Crippen LogP) is 3.89. The number of aromatic nitrogens is 2. The molecule has 1 N–H and O–H groups in total. The van der Waals surface area contributed by atoms with E-state index in [1.54, 1.807) is 23.1 Å². The van der Waals surface area contributed by atoms with Crippen LogP contribution < -0.4 is 5.32 Å². The molecule has 0 aliphatic carbocycles. The normalized spacial score (nSPS) is 11.2. The quantitative estimate of drug-likeness (QED) is 0.832. The van der Waals surface area contributed by atoms with E-state index in [-0.39, 0.29) is 18.1 Å². The Kier molecular flexibility index (Phi) is 5.62. The third-order valence-corrected chi connectivity index (χ3v) is 3.27. The van der Waals surface area contributed by atoms with E-state index >= 15 is 0 Å². The van der Waals surface area contributed by atoms with Crippen LogP contribution >= 0.6 is 11.6 Å². The number of hydrogen-bond donors (Lipinski definition) is 1. The first kappa shape index (κ1) is 18.0. The van der Waals surface area contributed by atoms with Gasteiger partial charge in [-0.05, 0) is 45.0 Å². The van der Waals surface area contributed by atoms with Gasteiger partial charge in [0, 0.05) is 22.7 Å². The van der Waals surface area contributed by atoms with Gasteiger partial charge in [-0.25, -0.2) is 4.79 Å². The molecule has 2 aromatic rings. The molecule has 0 aliphatic rings. The van der Waals surface area contributed by atoms with E-state index in [2.05, 4.69) is 22.0 Å². The summed E-state index contributed by atoms with van der Waals surface area (Å²) in [7, 11) is 0. The first-order chi connectivity index (χ1) is 11.3. The first-order valence-corrected chi connectivity index (χ1v) is 7.93. The standard InChI is InChI=1S/C17H21ClN4O2/c1-5-10-22(16(23)20-17(2,3)4)11-14-19-15(21-24-14)12-6-8-13(18)9-7-12/h5-9H,1,10-11H2,2-4H3,(H,20,23). The highest BCUT2D eigenvalue weighted by molar-refractivity contribution is 6.30. The molecule has 0 atom stereocenters. The number of carbonyl (C=O) groups excluding carboxylic acids is 1. The average Bonchev–Trinajstić information content (AvgIpc) is 2.94. The molecule has 0 aliphatic heterocycles. The van der Waals surface area contributed by atoms with Crippen molar-refractivity contribution in [3.8, 4) is 11.4 Å². The molecule has 1 aromatic heterocycles. The van der Waals surface area contributed by atoms with Gasteiger partial charge in [-0.15, -0.1) is 6.58 Å². The van der Waals surface area contributed by atoms with Crippen LogP contribution in [-0.2, 0) is 6.54 Å². The number of carbonyl (C=O) groups is 1. The minimum atomic E-state index is -0.334. The fourth-order valence-electron chi connectivity index (χ4n) is 1.97. The third kappa shape index (κ3) is 5.09. The molecular formula is C17H21ClN4O2. The summed E-state index contributed by atoms with van der Waals surface area (Å²) in [6.45, 7) is 10.0. The molecule has 2 amide bonds. The molecule has 0 bridgehead atoms. The van der Waals surface area contributed by atoms with E-state index in [9.17, 15) is 4.79 Å². The van der Waals surface area contributed by atoms with Crippen LogP contribution in [0, 0.1) is 0 Å². The van der Waals surface area contributed by atoms with Crippen LogP contribution in [0.15, 0.2) is 41.4 Å². The lowest BCUT2D eigenvalue weighted by molar-refractivity contribution is 0.184. The van der Waals surface area contributed by atoms with Crippen LogP contribution in [-0.4, -0.2) is 33.2 Å². The third-order valence-electron chi connectivity index (χ3n) is 3.02. The molecule has 24 heavy (non-hydrogen) atoms. The molecular weight excluding hydrogens is 328 g/mol. The van der Waals surface area contributed by atoms with Gasteiger partial charge in [-0.2, -0.15) is 4.98 Å². The van der Waals surface area contributed by atoms with Gasteiger partial charge in [0.2, 0.25) is 11.7 Å². The zero-order valence-corrected chi connectivity index (χ0v) is 14.8. The molecule has 0 saturated heterocycles. The van der Waals surface area contributed by atoms with Crippen molar-refractivity contribution in [2.75, 3.05) is 6.54 Å². The molecule has 0 radical (unpaired) electrons. The number of rotatable bonds is 5. The maximum Gasteiger partial charge on any atom is 0.318 e. The molecule has 1 aromatic carbocycles. The van der Waals surface area contributed by atoms with Crippen LogP contribution in [0.4, 0.5) is 4.79 Å². The minimum Gasteiger partial charge on any atom is -0.337 e. The van der Waals surface area contributed by atoms with E-state index in [1.807, 2.05) is 32.9 Å². The van der Waals surface area contributed by atoms with E-state index in [4.69, 9.17) is 16.1 Å². The van der Waals surface area contributed by atoms with Crippen molar-refractivity contribution in [2.45, 2.75) is 32.9 Å². The first-order valence-electron chi connectivity index (χ1n) is 7.55. The smallest absolute Gasteiger partial charge is 0.318 e. The largest absolute Gasteiger partial charge is 0.337 e. The molecule has 0 unspecified atom stereocenters. The summed E-state index contributed by atoms with van der Waals surface area (Å²) in [4.78, 5) is 18.2. The van der Waals surface area contributed by atoms with Crippen molar-refractivity contribution < 1.29 is 9.32 Å². The maximum atomic E-state index is 12.3. The Balaban J connectivity index is 2.11. The number of hydrogen-bond acceptors (Lipinski definition) is 4. The Morgan fingerprint density at radius 2 is 2.04 bits per heavy atom. The fraction of sp³-hybridized carbons (Fsp3) is 0.353. The number of urea groups is 1. The van der Waals surface area contributed by atoms with Crippen molar-refractivity contribution in [1.82, 2.24) is 20.4 Å². The molecule has 0 fully saturated rings. The van der Waals surface area contributed by atoms with Gasteiger partial charge < -0.3 is 14.7 Å². The Morgan fingerprint density at radius 3 is 2.62 bits per heavy atom. The Morgan fingerprint density at radius 1 is 1.38 bits per heavy atom. The number of nitrogens with zero attached hydrogens (tertiary/aromatic N) is 3. The topological polar surface area (TPSA) is 71.3 Å². The second-order valence-electron chi connectivity index (χ2n) is 6.37. The van der Waals surface area contributed by atoms with Gasteiger partial charge in [-0.3, -0.25) is 0 Å². The fourth-order valence-corrected chi connectivity index (χ4v) is 2.10. The summed E-state index contributed by atoms with van der Waals surface area (Å²) in [6, 6.07) is 6.92. The average molecular weight is 349 g/mol. The lowest BCUT2D eigenvalue weighted by Gasteiger charge is -2.26.